The van der Waals surface area contributed by atoms with Crippen LogP contribution in [0.2, 0.25) is 0 Å². The summed E-state index contributed by atoms with van der Waals surface area (Å²) in [5, 5.41) is 8.93. The zero-order valence-corrected chi connectivity index (χ0v) is 13.6. The van der Waals surface area contributed by atoms with Crippen molar-refractivity contribution >= 4 is 5.97 Å². The van der Waals surface area contributed by atoms with Crippen LogP contribution in [0.5, 0.6) is 0 Å². The molecule has 0 saturated carbocycles. The molecule has 2 aromatic carbocycles. The number of piperidine rings is 1. The lowest BCUT2D eigenvalue weighted by Gasteiger charge is -2.32. The lowest BCUT2D eigenvalue weighted by molar-refractivity contribution is 0.0697. The van der Waals surface area contributed by atoms with Crippen LogP contribution in [0.25, 0.3) is 0 Å². The molecule has 1 saturated heterocycles. The second-order valence-corrected chi connectivity index (χ2v) is 6.56. The minimum absolute atomic E-state index is 0.158. The van der Waals surface area contributed by atoms with Crippen LogP contribution in [0, 0.1) is 11.7 Å². The highest BCUT2D eigenvalue weighted by Crippen LogP contribution is 2.23. The fourth-order valence-electron chi connectivity index (χ4n) is 3.36. The van der Waals surface area contributed by atoms with E-state index in [1.165, 1.54) is 6.07 Å². The van der Waals surface area contributed by atoms with Gasteiger partial charge in [0.25, 0.3) is 0 Å². The van der Waals surface area contributed by atoms with Crippen LogP contribution < -0.4 is 0 Å². The molecule has 3 rings (SSSR count). The predicted molar refractivity (Wildman–Crippen MR) is 91.5 cm³/mol. The highest BCUT2D eigenvalue weighted by Gasteiger charge is 2.19. The van der Waals surface area contributed by atoms with Crippen molar-refractivity contribution in [2.45, 2.75) is 25.8 Å². The van der Waals surface area contributed by atoms with Gasteiger partial charge in [-0.15, -0.1) is 0 Å². The Morgan fingerprint density at radius 2 is 1.79 bits per heavy atom. The largest absolute Gasteiger partial charge is 0.478 e. The number of halogens is 1. The lowest BCUT2D eigenvalue weighted by atomic mass is 9.90. The third kappa shape index (κ3) is 4.42. The van der Waals surface area contributed by atoms with Crippen molar-refractivity contribution in [1.29, 1.82) is 0 Å². The third-order valence-electron chi connectivity index (χ3n) is 4.73. The summed E-state index contributed by atoms with van der Waals surface area (Å²) >= 11 is 0. The Hall–Kier alpha value is -2.20. The molecule has 1 fully saturated rings. The molecule has 1 aliphatic heterocycles. The fraction of sp³-hybridized carbons (Fsp3) is 0.350. The van der Waals surface area contributed by atoms with E-state index in [9.17, 15) is 9.18 Å². The quantitative estimate of drug-likeness (QED) is 0.903. The number of likely N-dealkylation sites (tertiary alicyclic amines) is 1. The lowest BCUT2D eigenvalue weighted by Crippen LogP contribution is -2.33. The number of carboxylic acid groups (broad SMARTS) is 1. The summed E-state index contributed by atoms with van der Waals surface area (Å²) in [4.78, 5) is 13.3. The number of rotatable bonds is 5. The molecule has 24 heavy (non-hydrogen) atoms. The van der Waals surface area contributed by atoms with Crippen LogP contribution in [0.4, 0.5) is 4.39 Å². The zero-order chi connectivity index (χ0) is 16.9. The van der Waals surface area contributed by atoms with Crippen LogP contribution >= 0.6 is 0 Å². The van der Waals surface area contributed by atoms with Gasteiger partial charge in [0.05, 0.1) is 5.56 Å². The van der Waals surface area contributed by atoms with Crippen molar-refractivity contribution < 1.29 is 14.3 Å². The number of carboxylic acids is 1. The first-order chi connectivity index (χ1) is 11.6. The fourth-order valence-corrected chi connectivity index (χ4v) is 3.36. The van der Waals surface area contributed by atoms with Crippen molar-refractivity contribution in [3.8, 4) is 0 Å². The Bertz CT molecular complexity index is 691. The molecule has 0 spiro atoms. The van der Waals surface area contributed by atoms with E-state index in [4.69, 9.17) is 5.11 Å². The SMILES string of the molecule is O=C(O)c1ccc(CN2CCC(Cc3cccc(F)c3)CC2)cc1. The van der Waals surface area contributed by atoms with Crippen LogP contribution in [0.3, 0.4) is 0 Å². The van der Waals surface area contributed by atoms with Gasteiger partial charge in [-0.1, -0.05) is 24.3 Å². The molecule has 0 radical (unpaired) electrons. The van der Waals surface area contributed by atoms with Crippen LogP contribution in [-0.2, 0) is 13.0 Å². The van der Waals surface area contributed by atoms with E-state index in [0.717, 1.165) is 50.0 Å². The van der Waals surface area contributed by atoms with E-state index >= 15 is 0 Å². The Kier molecular flexibility index (Phi) is 5.26. The Balaban J connectivity index is 1.49. The summed E-state index contributed by atoms with van der Waals surface area (Å²) in [6.07, 6.45) is 3.17. The van der Waals surface area contributed by atoms with Gasteiger partial charge >= 0.3 is 5.97 Å². The Morgan fingerprint density at radius 1 is 1.08 bits per heavy atom. The number of benzene rings is 2. The van der Waals surface area contributed by atoms with Crippen molar-refractivity contribution in [3.63, 3.8) is 0 Å². The first-order valence-electron chi connectivity index (χ1n) is 8.39. The summed E-state index contributed by atoms with van der Waals surface area (Å²) in [6.45, 7) is 2.91. The van der Waals surface area contributed by atoms with E-state index in [1.807, 2.05) is 18.2 Å². The molecule has 0 amide bonds. The number of aromatic carboxylic acids is 1. The van der Waals surface area contributed by atoms with Gasteiger partial charge in [-0.2, -0.15) is 0 Å². The predicted octanol–water partition coefficient (Wildman–Crippen LogP) is 3.98. The van der Waals surface area contributed by atoms with Gasteiger partial charge < -0.3 is 5.11 Å². The number of carbonyl (C=O) groups is 1. The minimum atomic E-state index is -0.889. The second kappa shape index (κ2) is 7.58. The van der Waals surface area contributed by atoms with Gasteiger partial charge in [-0.3, -0.25) is 4.90 Å². The van der Waals surface area contributed by atoms with E-state index in [-0.39, 0.29) is 5.82 Å². The molecule has 126 valence electrons. The molecule has 1 aliphatic rings. The minimum Gasteiger partial charge on any atom is -0.478 e. The smallest absolute Gasteiger partial charge is 0.335 e. The average Bonchev–Trinajstić information content (AvgIpc) is 2.57. The van der Waals surface area contributed by atoms with Crippen LogP contribution in [0.1, 0.15) is 34.3 Å². The third-order valence-corrected chi connectivity index (χ3v) is 4.73. The summed E-state index contributed by atoms with van der Waals surface area (Å²) in [6, 6.07) is 14.0. The van der Waals surface area contributed by atoms with Gasteiger partial charge in [-0.05, 0) is 73.7 Å². The molecule has 4 heteroatoms. The van der Waals surface area contributed by atoms with Crippen LogP contribution in [0.15, 0.2) is 48.5 Å². The topological polar surface area (TPSA) is 40.5 Å². The molecular formula is C20H22FNO2. The Labute approximate surface area is 141 Å². The first kappa shape index (κ1) is 16.7. The monoisotopic (exact) mass is 327 g/mol. The molecule has 0 aromatic heterocycles. The van der Waals surface area contributed by atoms with Gasteiger partial charge in [0.15, 0.2) is 0 Å². The molecule has 1 heterocycles. The highest BCUT2D eigenvalue weighted by atomic mass is 19.1. The van der Waals surface area contributed by atoms with Crippen LogP contribution in [-0.4, -0.2) is 29.1 Å². The number of hydrogen-bond acceptors (Lipinski definition) is 2. The molecule has 3 nitrogen and oxygen atoms in total. The second-order valence-electron chi connectivity index (χ2n) is 6.56. The van der Waals surface area contributed by atoms with Gasteiger partial charge in [0, 0.05) is 6.54 Å². The summed E-state index contributed by atoms with van der Waals surface area (Å²) in [5.74, 6) is -0.438. The van der Waals surface area contributed by atoms with Crippen molar-refractivity contribution in [2.75, 3.05) is 13.1 Å². The van der Waals surface area contributed by atoms with E-state index < -0.39 is 5.97 Å². The molecule has 0 unspecified atom stereocenters. The molecule has 0 bridgehead atoms. The summed E-state index contributed by atoms with van der Waals surface area (Å²) in [5.41, 5.74) is 2.55. The maximum absolute atomic E-state index is 13.3. The van der Waals surface area contributed by atoms with Crippen molar-refractivity contribution in [1.82, 2.24) is 4.90 Å². The Morgan fingerprint density at radius 3 is 2.42 bits per heavy atom. The maximum Gasteiger partial charge on any atom is 0.335 e. The molecule has 2 aromatic rings. The molecule has 0 atom stereocenters. The highest BCUT2D eigenvalue weighted by molar-refractivity contribution is 5.87. The van der Waals surface area contributed by atoms with E-state index in [0.29, 0.717) is 11.5 Å². The number of nitrogens with zero attached hydrogens (tertiary/aromatic N) is 1. The van der Waals surface area contributed by atoms with Gasteiger partial charge in [0.2, 0.25) is 0 Å². The molecular weight excluding hydrogens is 305 g/mol. The molecule has 1 N–H and O–H groups in total. The zero-order valence-electron chi connectivity index (χ0n) is 13.6. The normalized spacial score (nSPS) is 16.2. The average molecular weight is 327 g/mol. The maximum atomic E-state index is 13.3. The van der Waals surface area contributed by atoms with E-state index in [1.54, 1.807) is 24.3 Å². The van der Waals surface area contributed by atoms with E-state index in [2.05, 4.69) is 4.90 Å². The van der Waals surface area contributed by atoms with Crippen molar-refractivity contribution in [3.05, 3.63) is 71.0 Å². The van der Waals surface area contributed by atoms with Gasteiger partial charge in [-0.25, -0.2) is 9.18 Å². The molecule has 0 aliphatic carbocycles. The van der Waals surface area contributed by atoms with Gasteiger partial charge in [0.1, 0.15) is 5.82 Å². The number of hydrogen-bond donors (Lipinski definition) is 1. The summed E-state index contributed by atoms with van der Waals surface area (Å²) < 4.78 is 13.3. The summed E-state index contributed by atoms with van der Waals surface area (Å²) in [7, 11) is 0. The first-order valence-corrected chi connectivity index (χ1v) is 8.39. The van der Waals surface area contributed by atoms with Crippen molar-refractivity contribution in [2.24, 2.45) is 5.92 Å². The standard InChI is InChI=1S/C20H22FNO2/c21-19-3-1-2-17(13-19)12-15-8-10-22(11-9-15)14-16-4-6-18(7-5-16)20(23)24/h1-7,13,15H,8-12,14H2,(H,23,24).